The minimum atomic E-state index is -3.81. The fraction of sp³-hybridized carbons (Fsp3) is 0.368. The first kappa shape index (κ1) is 20.7. The Bertz CT molecular complexity index is 1090. The van der Waals surface area contributed by atoms with Crippen LogP contribution >= 0.6 is 0 Å². The van der Waals surface area contributed by atoms with Gasteiger partial charge in [-0.1, -0.05) is 6.92 Å². The number of carbonyl (C=O) groups excluding carboxylic acids is 1. The number of likely N-dealkylation sites (tertiary alicyclic amines) is 1. The van der Waals surface area contributed by atoms with Crippen molar-refractivity contribution in [3.05, 3.63) is 52.4 Å². The molecule has 0 spiro atoms. The van der Waals surface area contributed by atoms with Gasteiger partial charge in [-0.15, -0.1) is 4.40 Å². The first-order valence-corrected chi connectivity index (χ1v) is 10.8. The van der Waals surface area contributed by atoms with E-state index in [0.717, 1.165) is 13.0 Å². The average molecular weight is 417 g/mol. The Labute approximate surface area is 169 Å². The van der Waals surface area contributed by atoms with Crippen molar-refractivity contribution in [2.45, 2.75) is 37.6 Å². The summed E-state index contributed by atoms with van der Waals surface area (Å²) in [5.41, 5.74) is 0.243. The molecule has 0 atom stereocenters. The van der Waals surface area contributed by atoms with Gasteiger partial charge in [0.05, 0.1) is 4.90 Å². The lowest BCUT2D eigenvalue weighted by atomic mass is 10.3. The molecular formula is C19H23N5O4S. The summed E-state index contributed by atoms with van der Waals surface area (Å²) in [6.45, 7) is 3.12. The molecular weight excluding hydrogens is 394 g/mol. The van der Waals surface area contributed by atoms with E-state index < -0.39 is 15.9 Å². The van der Waals surface area contributed by atoms with Crippen molar-refractivity contribution in [2.24, 2.45) is 4.40 Å². The highest BCUT2D eigenvalue weighted by Gasteiger charge is 2.20. The van der Waals surface area contributed by atoms with Crippen LogP contribution in [0.15, 0.2) is 50.5 Å². The van der Waals surface area contributed by atoms with E-state index in [1.165, 1.54) is 41.1 Å². The summed E-state index contributed by atoms with van der Waals surface area (Å²) in [5, 5.41) is 6.70. The minimum absolute atomic E-state index is 0.0536. The number of hydrogen-bond donors (Lipinski definition) is 1. The number of nitrogens with one attached hydrogen (secondary N) is 1. The number of anilines is 1. The van der Waals surface area contributed by atoms with Gasteiger partial charge < -0.3 is 10.2 Å². The molecule has 1 aromatic heterocycles. The number of aryl methyl sites for hydroxylation is 1. The van der Waals surface area contributed by atoms with Crippen LogP contribution < -0.4 is 10.9 Å². The molecule has 1 N–H and O–H groups in total. The van der Waals surface area contributed by atoms with Crippen LogP contribution in [0.2, 0.25) is 0 Å². The van der Waals surface area contributed by atoms with Crippen LogP contribution in [0.3, 0.4) is 0 Å². The fourth-order valence-electron chi connectivity index (χ4n) is 2.95. The molecule has 10 heteroatoms. The standard InChI is InChI=1S/C19H23N5O4S/c1-3-12-24-18(25)11-10-16(21-24)19(26)20-14-6-8-15(9-7-14)29(27,28)22-17-5-4-13-23(17)2/h6-11H,3-5,12-13H2,1-2H3,(H,20,26)/b22-17-. The van der Waals surface area contributed by atoms with Gasteiger partial charge >= 0.3 is 0 Å². The lowest BCUT2D eigenvalue weighted by Gasteiger charge is -2.11. The Hall–Kier alpha value is -3.01. The smallest absolute Gasteiger partial charge is 0.283 e. The summed E-state index contributed by atoms with van der Waals surface area (Å²) < 4.78 is 30.1. The fourth-order valence-corrected chi connectivity index (χ4v) is 4.04. The van der Waals surface area contributed by atoms with Gasteiger partial charge in [-0.05, 0) is 43.2 Å². The van der Waals surface area contributed by atoms with Crippen LogP contribution in [-0.4, -0.2) is 48.4 Å². The van der Waals surface area contributed by atoms with Crippen LogP contribution in [0.5, 0.6) is 0 Å². The minimum Gasteiger partial charge on any atom is -0.362 e. The third-order valence-electron chi connectivity index (χ3n) is 4.50. The molecule has 1 aliphatic heterocycles. The second kappa shape index (κ2) is 8.56. The molecule has 9 nitrogen and oxygen atoms in total. The molecule has 1 saturated heterocycles. The van der Waals surface area contributed by atoms with Gasteiger partial charge in [0.1, 0.15) is 11.5 Å². The highest BCUT2D eigenvalue weighted by atomic mass is 32.2. The van der Waals surface area contributed by atoms with Gasteiger partial charge in [0.25, 0.3) is 21.5 Å². The van der Waals surface area contributed by atoms with Crippen LogP contribution in [-0.2, 0) is 16.6 Å². The number of hydrogen-bond acceptors (Lipinski definition) is 5. The predicted octanol–water partition coefficient (Wildman–Crippen LogP) is 1.72. The van der Waals surface area contributed by atoms with Crippen molar-refractivity contribution < 1.29 is 13.2 Å². The van der Waals surface area contributed by atoms with Crippen molar-refractivity contribution in [1.82, 2.24) is 14.7 Å². The number of carbonyl (C=O) groups is 1. The van der Waals surface area contributed by atoms with Crippen LogP contribution in [0.1, 0.15) is 36.7 Å². The lowest BCUT2D eigenvalue weighted by Crippen LogP contribution is -2.26. The maximum atomic E-state index is 12.5. The predicted molar refractivity (Wildman–Crippen MR) is 110 cm³/mol. The second-order valence-corrected chi connectivity index (χ2v) is 8.37. The monoisotopic (exact) mass is 417 g/mol. The molecule has 29 heavy (non-hydrogen) atoms. The molecule has 1 aliphatic rings. The van der Waals surface area contributed by atoms with E-state index in [1.807, 2.05) is 18.9 Å². The third kappa shape index (κ3) is 4.89. The van der Waals surface area contributed by atoms with E-state index in [9.17, 15) is 18.0 Å². The molecule has 1 amide bonds. The Morgan fingerprint density at radius 2 is 1.93 bits per heavy atom. The van der Waals surface area contributed by atoms with Crippen molar-refractivity contribution >= 4 is 27.5 Å². The number of benzene rings is 1. The Balaban J connectivity index is 1.74. The van der Waals surface area contributed by atoms with E-state index in [4.69, 9.17) is 0 Å². The van der Waals surface area contributed by atoms with Crippen molar-refractivity contribution in [2.75, 3.05) is 18.9 Å². The number of amides is 1. The number of sulfonamides is 1. The number of rotatable bonds is 6. The van der Waals surface area contributed by atoms with Gasteiger partial charge in [-0.2, -0.15) is 13.5 Å². The summed E-state index contributed by atoms with van der Waals surface area (Å²) in [6, 6.07) is 8.44. The van der Waals surface area contributed by atoms with Gasteiger partial charge in [-0.3, -0.25) is 9.59 Å². The molecule has 1 aromatic carbocycles. The van der Waals surface area contributed by atoms with Crippen molar-refractivity contribution in [3.8, 4) is 0 Å². The van der Waals surface area contributed by atoms with Crippen molar-refractivity contribution in [3.63, 3.8) is 0 Å². The third-order valence-corrected chi connectivity index (χ3v) is 5.82. The van der Waals surface area contributed by atoms with Crippen LogP contribution in [0.25, 0.3) is 0 Å². The van der Waals surface area contributed by atoms with Gasteiger partial charge in [-0.25, -0.2) is 4.68 Å². The summed E-state index contributed by atoms with van der Waals surface area (Å²) in [6.07, 6.45) is 2.24. The topological polar surface area (TPSA) is 114 Å². The first-order valence-electron chi connectivity index (χ1n) is 9.35. The Kier molecular flexibility index (Phi) is 6.12. The molecule has 0 radical (unpaired) electrons. The van der Waals surface area contributed by atoms with Gasteiger partial charge in [0.2, 0.25) is 0 Å². The molecule has 1 fully saturated rings. The molecule has 3 rings (SSSR count). The summed E-state index contributed by atoms with van der Waals surface area (Å²) in [5.74, 6) is 0.0638. The quantitative estimate of drug-likeness (QED) is 0.766. The first-order chi connectivity index (χ1) is 13.8. The van der Waals surface area contributed by atoms with Gasteiger partial charge in [0.15, 0.2) is 0 Å². The van der Waals surface area contributed by atoms with E-state index in [-0.39, 0.29) is 16.1 Å². The van der Waals surface area contributed by atoms with E-state index in [2.05, 4.69) is 14.8 Å². The Morgan fingerprint density at radius 1 is 1.21 bits per heavy atom. The maximum Gasteiger partial charge on any atom is 0.283 e. The highest BCUT2D eigenvalue weighted by Crippen LogP contribution is 2.19. The lowest BCUT2D eigenvalue weighted by molar-refractivity contribution is 0.101. The molecule has 2 aromatic rings. The normalized spacial score (nSPS) is 15.7. The average Bonchev–Trinajstić information content (AvgIpc) is 3.08. The largest absolute Gasteiger partial charge is 0.362 e. The molecule has 0 unspecified atom stereocenters. The highest BCUT2D eigenvalue weighted by molar-refractivity contribution is 7.90. The molecule has 0 saturated carbocycles. The van der Waals surface area contributed by atoms with Gasteiger partial charge in [0, 0.05) is 38.3 Å². The van der Waals surface area contributed by atoms with Crippen molar-refractivity contribution in [1.29, 1.82) is 0 Å². The maximum absolute atomic E-state index is 12.5. The number of aromatic nitrogens is 2. The summed E-state index contributed by atoms with van der Waals surface area (Å²) in [7, 11) is -1.99. The molecule has 2 heterocycles. The molecule has 0 bridgehead atoms. The summed E-state index contributed by atoms with van der Waals surface area (Å²) in [4.78, 5) is 26.0. The zero-order valence-electron chi connectivity index (χ0n) is 16.3. The molecule has 154 valence electrons. The van der Waals surface area contributed by atoms with Crippen LogP contribution in [0, 0.1) is 0 Å². The van der Waals surface area contributed by atoms with E-state index >= 15 is 0 Å². The van der Waals surface area contributed by atoms with Crippen LogP contribution in [0.4, 0.5) is 5.69 Å². The second-order valence-electron chi connectivity index (χ2n) is 6.77. The SMILES string of the molecule is CCCn1nc(C(=O)Nc2ccc(S(=O)(=O)/N=C3/CCCN3C)cc2)ccc1=O. The number of nitrogens with zero attached hydrogens (tertiary/aromatic N) is 4. The number of amidine groups is 1. The van der Waals surface area contributed by atoms with E-state index in [0.29, 0.717) is 30.9 Å². The van der Waals surface area contributed by atoms with E-state index in [1.54, 1.807) is 0 Å². The zero-order valence-corrected chi connectivity index (χ0v) is 17.1. The Morgan fingerprint density at radius 3 is 2.55 bits per heavy atom. The zero-order chi connectivity index (χ0) is 21.0. The molecule has 0 aliphatic carbocycles. The summed E-state index contributed by atoms with van der Waals surface area (Å²) >= 11 is 0.